The maximum absolute atomic E-state index is 13.4. The van der Waals surface area contributed by atoms with E-state index in [0.29, 0.717) is 11.3 Å². The smallest absolute Gasteiger partial charge is 0.321 e. The molecule has 1 amide bonds. The lowest BCUT2D eigenvalue weighted by atomic mass is 9.69. The monoisotopic (exact) mass is 459 g/mol. The molecule has 176 valence electrons. The summed E-state index contributed by atoms with van der Waals surface area (Å²) in [4.78, 5) is 31.0. The van der Waals surface area contributed by atoms with Gasteiger partial charge < -0.3 is 9.47 Å². The molecule has 0 heterocycles. The molecular formula is C28H29NO5. The van der Waals surface area contributed by atoms with Crippen LogP contribution >= 0.6 is 0 Å². The zero-order chi connectivity index (χ0) is 23.8. The minimum atomic E-state index is -0.675. The van der Waals surface area contributed by atoms with Crippen LogP contribution in [-0.4, -0.2) is 19.0 Å². The Hall–Kier alpha value is -3.64. The van der Waals surface area contributed by atoms with Gasteiger partial charge in [-0.3, -0.25) is 14.4 Å². The molecule has 0 saturated heterocycles. The molecule has 4 rings (SSSR count). The highest BCUT2D eigenvalue weighted by atomic mass is 16.6. The molecule has 6 heteroatoms. The molecule has 1 N–H and O–H groups in total. The van der Waals surface area contributed by atoms with Crippen molar-refractivity contribution in [3.05, 3.63) is 95.6 Å². The number of carbonyl (C=O) groups excluding carboxylic acids is 2. The number of methoxy groups -OCH3 is 1. The van der Waals surface area contributed by atoms with Crippen LogP contribution in [0, 0.1) is 0 Å². The Kier molecular flexibility index (Phi) is 7.60. The summed E-state index contributed by atoms with van der Waals surface area (Å²) in [6, 6.07) is 23.7. The molecule has 1 aliphatic carbocycles. The Balaban J connectivity index is 1.39. The molecule has 0 radical (unpaired) electrons. The van der Waals surface area contributed by atoms with E-state index < -0.39 is 5.41 Å². The van der Waals surface area contributed by atoms with Crippen LogP contribution in [0.2, 0.25) is 0 Å². The van der Waals surface area contributed by atoms with E-state index in [1.54, 1.807) is 31.4 Å². The van der Waals surface area contributed by atoms with Crippen LogP contribution in [0.15, 0.2) is 78.9 Å². The lowest BCUT2D eigenvalue weighted by molar-refractivity contribution is -0.142. The Labute approximate surface area is 199 Å². The van der Waals surface area contributed by atoms with Crippen LogP contribution in [0.25, 0.3) is 0 Å². The Morgan fingerprint density at radius 3 is 2.12 bits per heavy atom. The molecule has 0 spiro atoms. The van der Waals surface area contributed by atoms with E-state index in [1.165, 1.54) is 0 Å². The number of rotatable bonds is 8. The fraction of sp³-hybridized carbons (Fsp3) is 0.286. The number of nitrogens with one attached hydrogen (secondary N) is 1. The third-order valence-electron chi connectivity index (χ3n) is 6.31. The van der Waals surface area contributed by atoms with E-state index in [9.17, 15) is 9.59 Å². The van der Waals surface area contributed by atoms with E-state index in [0.717, 1.165) is 49.0 Å². The van der Waals surface area contributed by atoms with Gasteiger partial charge in [-0.05, 0) is 60.4 Å². The second kappa shape index (κ2) is 11.0. The van der Waals surface area contributed by atoms with Crippen molar-refractivity contribution < 1.29 is 23.9 Å². The number of esters is 1. The van der Waals surface area contributed by atoms with Crippen molar-refractivity contribution in [2.45, 2.75) is 44.1 Å². The Bertz CT molecular complexity index is 1090. The van der Waals surface area contributed by atoms with Crippen molar-refractivity contribution in [3.63, 3.8) is 0 Å². The van der Waals surface area contributed by atoms with Gasteiger partial charge >= 0.3 is 5.97 Å². The summed E-state index contributed by atoms with van der Waals surface area (Å²) in [5.41, 5.74) is 4.08. The predicted molar refractivity (Wildman–Crippen MR) is 129 cm³/mol. The van der Waals surface area contributed by atoms with Crippen molar-refractivity contribution in [2.24, 2.45) is 0 Å². The highest BCUT2D eigenvalue weighted by Gasteiger charge is 2.43. The number of carbonyl (C=O) groups is 2. The molecule has 0 aromatic heterocycles. The molecule has 0 aliphatic heterocycles. The SMILES string of the molecule is COc1ccc(C2(C(=O)Oc3ccc(C(=O)NOCc4ccccc4)cc3)CCCCC2)cc1. The fourth-order valence-corrected chi connectivity index (χ4v) is 4.37. The molecule has 1 aliphatic rings. The van der Waals surface area contributed by atoms with Gasteiger partial charge in [0, 0.05) is 5.56 Å². The number of hydrogen-bond donors (Lipinski definition) is 1. The van der Waals surface area contributed by atoms with Gasteiger partial charge in [-0.25, -0.2) is 5.48 Å². The summed E-state index contributed by atoms with van der Waals surface area (Å²) >= 11 is 0. The summed E-state index contributed by atoms with van der Waals surface area (Å²) in [5.74, 6) is 0.534. The molecule has 3 aromatic carbocycles. The third-order valence-corrected chi connectivity index (χ3v) is 6.31. The normalized spacial score (nSPS) is 14.7. The van der Waals surface area contributed by atoms with Crippen molar-refractivity contribution >= 4 is 11.9 Å². The second-order valence-electron chi connectivity index (χ2n) is 8.49. The molecular weight excluding hydrogens is 430 g/mol. The molecule has 0 unspecified atom stereocenters. The van der Waals surface area contributed by atoms with Gasteiger partial charge in [0.2, 0.25) is 0 Å². The molecule has 1 fully saturated rings. The summed E-state index contributed by atoms with van der Waals surface area (Å²) in [7, 11) is 1.62. The number of hydroxylamine groups is 1. The van der Waals surface area contributed by atoms with Gasteiger partial charge in [0.25, 0.3) is 5.91 Å². The van der Waals surface area contributed by atoms with Crippen LogP contribution in [-0.2, 0) is 21.7 Å². The summed E-state index contributed by atoms with van der Waals surface area (Å²) in [6.07, 6.45) is 4.56. The minimum absolute atomic E-state index is 0.263. The minimum Gasteiger partial charge on any atom is -0.497 e. The first-order valence-electron chi connectivity index (χ1n) is 11.5. The van der Waals surface area contributed by atoms with Gasteiger partial charge in [-0.1, -0.05) is 61.7 Å². The summed E-state index contributed by atoms with van der Waals surface area (Å²) in [5, 5.41) is 0. The van der Waals surface area contributed by atoms with E-state index in [1.807, 2.05) is 54.6 Å². The molecule has 0 bridgehead atoms. The van der Waals surface area contributed by atoms with Crippen molar-refractivity contribution in [2.75, 3.05) is 7.11 Å². The van der Waals surface area contributed by atoms with Crippen LogP contribution < -0.4 is 15.0 Å². The van der Waals surface area contributed by atoms with Crippen molar-refractivity contribution in [3.8, 4) is 11.5 Å². The number of ether oxygens (including phenoxy) is 2. The molecule has 34 heavy (non-hydrogen) atoms. The van der Waals surface area contributed by atoms with Gasteiger partial charge in [-0.15, -0.1) is 0 Å². The maximum Gasteiger partial charge on any atom is 0.321 e. The van der Waals surface area contributed by atoms with Gasteiger partial charge in [0.1, 0.15) is 11.5 Å². The average Bonchev–Trinajstić information content (AvgIpc) is 2.90. The van der Waals surface area contributed by atoms with Crippen LogP contribution in [0.4, 0.5) is 0 Å². The van der Waals surface area contributed by atoms with Crippen molar-refractivity contribution in [1.82, 2.24) is 5.48 Å². The topological polar surface area (TPSA) is 73.9 Å². The number of amides is 1. The lowest BCUT2D eigenvalue weighted by Gasteiger charge is -2.35. The Morgan fingerprint density at radius 2 is 1.47 bits per heavy atom. The first-order chi connectivity index (χ1) is 16.6. The van der Waals surface area contributed by atoms with Gasteiger partial charge in [0.05, 0.1) is 19.1 Å². The van der Waals surface area contributed by atoms with Crippen molar-refractivity contribution in [1.29, 1.82) is 0 Å². The average molecular weight is 460 g/mol. The van der Waals surface area contributed by atoms with Gasteiger partial charge in [0.15, 0.2) is 0 Å². The van der Waals surface area contributed by atoms with E-state index in [4.69, 9.17) is 14.3 Å². The first-order valence-corrected chi connectivity index (χ1v) is 11.5. The van der Waals surface area contributed by atoms with E-state index in [2.05, 4.69) is 5.48 Å². The van der Waals surface area contributed by atoms with Crippen LogP contribution in [0.1, 0.15) is 53.6 Å². The van der Waals surface area contributed by atoms with E-state index in [-0.39, 0.29) is 18.5 Å². The number of benzene rings is 3. The molecule has 1 saturated carbocycles. The predicted octanol–water partition coefficient (Wildman–Crippen LogP) is 5.36. The highest BCUT2D eigenvalue weighted by Crippen LogP contribution is 2.41. The Morgan fingerprint density at radius 1 is 0.824 bits per heavy atom. The van der Waals surface area contributed by atoms with Crippen LogP contribution in [0.5, 0.6) is 11.5 Å². The lowest BCUT2D eigenvalue weighted by Crippen LogP contribution is -2.41. The third kappa shape index (κ3) is 5.46. The summed E-state index contributed by atoms with van der Waals surface area (Å²) in [6.45, 7) is 0.274. The second-order valence-corrected chi connectivity index (χ2v) is 8.49. The van der Waals surface area contributed by atoms with Gasteiger partial charge in [-0.2, -0.15) is 0 Å². The zero-order valence-electron chi connectivity index (χ0n) is 19.3. The highest BCUT2D eigenvalue weighted by molar-refractivity contribution is 5.93. The standard InChI is InChI=1S/C28H29NO5/c1-32-24-16-12-23(13-17-24)28(18-6-3-7-19-28)27(31)34-25-14-10-22(11-15-25)26(30)29-33-20-21-8-4-2-5-9-21/h2,4-5,8-17H,3,6-7,18-20H2,1H3,(H,29,30). The summed E-state index contributed by atoms with van der Waals surface area (Å²) < 4.78 is 11.1. The fourth-order valence-electron chi connectivity index (χ4n) is 4.37. The molecule has 3 aromatic rings. The maximum atomic E-state index is 13.4. The van der Waals surface area contributed by atoms with E-state index >= 15 is 0 Å². The zero-order valence-corrected chi connectivity index (χ0v) is 19.3. The molecule has 0 atom stereocenters. The number of hydrogen-bond acceptors (Lipinski definition) is 5. The first kappa shape index (κ1) is 23.5. The quantitative estimate of drug-likeness (QED) is 0.279. The largest absolute Gasteiger partial charge is 0.497 e. The molecule has 6 nitrogen and oxygen atoms in total. The van der Waals surface area contributed by atoms with Crippen LogP contribution in [0.3, 0.4) is 0 Å².